The van der Waals surface area contributed by atoms with Crippen molar-refractivity contribution in [2.45, 2.75) is 42.7 Å². The van der Waals surface area contributed by atoms with Gasteiger partial charge >= 0.3 is 0 Å². The van der Waals surface area contributed by atoms with E-state index in [1.54, 1.807) is 7.11 Å². The maximum atomic E-state index is 9.57. The number of epoxide rings is 2. The third kappa shape index (κ3) is 0.992. The van der Waals surface area contributed by atoms with E-state index in [0.717, 1.165) is 0 Å². The minimum absolute atomic E-state index is 0.104. The van der Waals surface area contributed by atoms with E-state index in [1.165, 1.54) is 0 Å². The molecule has 0 spiro atoms. The van der Waals surface area contributed by atoms with Crippen molar-refractivity contribution in [2.24, 2.45) is 0 Å². The van der Waals surface area contributed by atoms with Crippen molar-refractivity contribution in [1.82, 2.24) is 0 Å². The molecule has 13 heavy (non-hydrogen) atoms. The van der Waals surface area contributed by atoms with E-state index in [-0.39, 0.29) is 30.5 Å². The lowest BCUT2D eigenvalue weighted by atomic mass is 10.1. The summed E-state index contributed by atoms with van der Waals surface area (Å²) in [7, 11) is 1.59. The quantitative estimate of drug-likeness (QED) is 0.478. The van der Waals surface area contributed by atoms with Gasteiger partial charge in [-0.25, -0.2) is 0 Å². The van der Waals surface area contributed by atoms with Crippen molar-refractivity contribution < 1.29 is 24.4 Å². The van der Waals surface area contributed by atoms with Crippen molar-refractivity contribution in [3.05, 3.63) is 0 Å². The van der Waals surface area contributed by atoms with Gasteiger partial charge in [0, 0.05) is 7.11 Å². The van der Waals surface area contributed by atoms with Crippen LogP contribution in [0.2, 0.25) is 0 Å². The Morgan fingerprint density at radius 2 is 1.38 bits per heavy atom. The lowest BCUT2D eigenvalue weighted by Gasteiger charge is -2.11. The summed E-state index contributed by atoms with van der Waals surface area (Å²) in [5.41, 5.74) is 0. The first kappa shape index (κ1) is 8.14. The van der Waals surface area contributed by atoms with E-state index in [1.807, 2.05) is 0 Å². The zero-order chi connectivity index (χ0) is 9.16. The van der Waals surface area contributed by atoms with Gasteiger partial charge in [-0.2, -0.15) is 0 Å². The van der Waals surface area contributed by atoms with Gasteiger partial charge < -0.3 is 24.4 Å². The molecule has 3 fully saturated rings. The molecule has 0 amide bonds. The van der Waals surface area contributed by atoms with E-state index in [2.05, 4.69) is 0 Å². The van der Waals surface area contributed by atoms with Crippen LogP contribution in [0.5, 0.6) is 0 Å². The maximum absolute atomic E-state index is 9.57. The fourth-order valence-corrected chi connectivity index (χ4v) is 2.19. The average molecular weight is 188 g/mol. The zero-order valence-electron chi connectivity index (χ0n) is 7.16. The smallest absolute Gasteiger partial charge is 0.116 e. The summed E-state index contributed by atoms with van der Waals surface area (Å²) in [6, 6.07) is 0. The number of fused-ring (bicyclic) bond motifs is 2. The molecule has 1 saturated carbocycles. The molecule has 74 valence electrons. The number of aliphatic hydroxyl groups excluding tert-OH is 2. The Labute approximate surface area is 75.2 Å². The summed E-state index contributed by atoms with van der Waals surface area (Å²) < 4.78 is 15.7. The first-order chi connectivity index (χ1) is 6.24. The maximum Gasteiger partial charge on any atom is 0.116 e. The monoisotopic (exact) mass is 188 g/mol. The highest BCUT2D eigenvalue weighted by atomic mass is 16.7. The molecule has 2 N–H and O–H groups in total. The van der Waals surface area contributed by atoms with Crippen LogP contribution >= 0.6 is 0 Å². The third-order valence-electron chi connectivity index (χ3n) is 3.07. The molecule has 2 aliphatic heterocycles. The highest BCUT2D eigenvalue weighted by Crippen LogP contribution is 2.45. The largest absolute Gasteiger partial charge is 0.387 e. The van der Waals surface area contributed by atoms with Gasteiger partial charge in [-0.3, -0.25) is 0 Å². The average Bonchev–Trinajstić information content (AvgIpc) is 2.94. The molecule has 0 aromatic heterocycles. The first-order valence-electron chi connectivity index (χ1n) is 4.44. The lowest BCUT2D eigenvalue weighted by molar-refractivity contribution is -0.0116. The Kier molecular flexibility index (Phi) is 1.52. The van der Waals surface area contributed by atoms with E-state index in [9.17, 15) is 10.2 Å². The zero-order valence-corrected chi connectivity index (χ0v) is 7.16. The minimum Gasteiger partial charge on any atom is -0.387 e. The van der Waals surface area contributed by atoms with Gasteiger partial charge in [-0.1, -0.05) is 0 Å². The summed E-state index contributed by atoms with van der Waals surface area (Å²) in [4.78, 5) is 0. The van der Waals surface area contributed by atoms with Crippen LogP contribution in [0.25, 0.3) is 0 Å². The van der Waals surface area contributed by atoms with E-state index in [4.69, 9.17) is 14.2 Å². The molecule has 0 bridgehead atoms. The number of rotatable bonds is 1. The van der Waals surface area contributed by atoms with Crippen LogP contribution in [0.15, 0.2) is 0 Å². The Morgan fingerprint density at radius 1 is 0.923 bits per heavy atom. The van der Waals surface area contributed by atoms with Gasteiger partial charge in [0.15, 0.2) is 0 Å². The first-order valence-corrected chi connectivity index (χ1v) is 4.44. The molecule has 0 aromatic carbocycles. The molecule has 3 aliphatic rings. The standard InChI is InChI=1S/C8H12O5/c1-11-6-7-4(12-7)2(9)3(10)5-8(6)13-5/h2-10H,1H3/t2-,3+,4+,5-,6?,7+,8-. The normalized spacial score (nSPS) is 63.5. The van der Waals surface area contributed by atoms with E-state index < -0.39 is 12.2 Å². The molecular weight excluding hydrogens is 176 g/mol. The number of hydrogen-bond acceptors (Lipinski definition) is 5. The second-order valence-electron chi connectivity index (χ2n) is 3.81. The predicted molar refractivity (Wildman–Crippen MR) is 40.1 cm³/mol. The summed E-state index contributed by atoms with van der Waals surface area (Å²) >= 11 is 0. The lowest BCUT2D eigenvalue weighted by Crippen LogP contribution is -2.35. The summed E-state index contributed by atoms with van der Waals surface area (Å²) in [5, 5.41) is 19.1. The molecule has 0 aromatic rings. The highest BCUT2D eigenvalue weighted by molar-refractivity contribution is 5.13. The van der Waals surface area contributed by atoms with Crippen LogP contribution in [0.4, 0.5) is 0 Å². The Balaban J connectivity index is 1.84. The van der Waals surface area contributed by atoms with Crippen LogP contribution in [-0.2, 0) is 14.2 Å². The Bertz CT molecular complexity index is 211. The van der Waals surface area contributed by atoms with Gasteiger partial charge in [0.2, 0.25) is 0 Å². The molecule has 2 saturated heterocycles. The number of methoxy groups -OCH3 is 1. The van der Waals surface area contributed by atoms with E-state index >= 15 is 0 Å². The van der Waals surface area contributed by atoms with Crippen molar-refractivity contribution in [3.8, 4) is 0 Å². The summed E-state index contributed by atoms with van der Waals surface area (Å²) in [6.45, 7) is 0. The molecular formula is C8H12O5. The molecule has 3 rings (SSSR count). The number of hydrogen-bond donors (Lipinski definition) is 2. The fraction of sp³-hybridized carbons (Fsp3) is 1.00. The summed E-state index contributed by atoms with van der Waals surface area (Å²) in [6.07, 6.45) is -2.55. The van der Waals surface area contributed by atoms with Crippen LogP contribution < -0.4 is 0 Å². The van der Waals surface area contributed by atoms with Crippen molar-refractivity contribution >= 4 is 0 Å². The second-order valence-corrected chi connectivity index (χ2v) is 3.81. The van der Waals surface area contributed by atoms with Crippen molar-refractivity contribution in [1.29, 1.82) is 0 Å². The summed E-state index contributed by atoms with van der Waals surface area (Å²) in [5.74, 6) is 0. The molecule has 5 heteroatoms. The highest BCUT2D eigenvalue weighted by Gasteiger charge is 2.66. The fourth-order valence-electron chi connectivity index (χ4n) is 2.19. The molecule has 1 aliphatic carbocycles. The molecule has 0 radical (unpaired) electrons. The van der Waals surface area contributed by atoms with Crippen LogP contribution in [0.3, 0.4) is 0 Å². The van der Waals surface area contributed by atoms with E-state index in [0.29, 0.717) is 0 Å². The second kappa shape index (κ2) is 2.43. The Morgan fingerprint density at radius 3 is 1.77 bits per heavy atom. The number of ether oxygens (including phenoxy) is 3. The van der Waals surface area contributed by atoms with Crippen LogP contribution in [-0.4, -0.2) is 60.1 Å². The molecule has 1 unspecified atom stereocenters. The number of aliphatic hydroxyl groups is 2. The Hall–Kier alpha value is -0.200. The van der Waals surface area contributed by atoms with Gasteiger partial charge in [-0.05, 0) is 0 Å². The molecule has 2 heterocycles. The van der Waals surface area contributed by atoms with Crippen molar-refractivity contribution in [3.63, 3.8) is 0 Å². The molecule has 7 atom stereocenters. The molecule has 5 nitrogen and oxygen atoms in total. The van der Waals surface area contributed by atoms with Gasteiger partial charge in [-0.15, -0.1) is 0 Å². The predicted octanol–water partition coefficient (Wildman–Crippen LogP) is -1.73. The third-order valence-corrected chi connectivity index (χ3v) is 3.07. The SMILES string of the molecule is COC1[C@H]2O[C@H]2[C@H](O)[C@H](O)[C@H]2O[C@@H]12. The van der Waals surface area contributed by atoms with Gasteiger partial charge in [0.25, 0.3) is 0 Å². The minimum atomic E-state index is -0.833. The van der Waals surface area contributed by atoms with Gasteiger partial charge in [0.05, 0.1) is 0 Å². The van der Waals surface area contributed by atoms with Gasteiger partial charge in [0.1, 0.15) is 42.7 Å². The van der Waals surface area contributed by atoms with Crippen molar-refractivity contribution in [2.75, 3.05) is 7.11 Å². The van der Waals surface area contributed by atoms with Crippen LogP contribution in [0, 0.1) is 0 Å². The van der Waals surface area contributed by atoms with Crippen LogP contribution in [0.1, 0.15) is 0 Å². The topological polar surface area (TPSA) is 74.8 Å².